The molecule has 0 bridgehead atoms. The maximum Gasteiger partial charge on any atom is 0.237 e. The van der Waals surface area contributed by atoms with Gasteiger partial charge in [-0.05, 0) is 61.6 Å². The lowest BCUT2D eigenvalue weighted by Gasteiger charge is -2.13. The molecule has 0 radical (unpaired) electrons. The molecule has 0 aliphatic heterocycles. The van der Waals surface area contributed by atoms with Crippen molar-refractivity contribution in [3.63, 3.8) is 0 Å². The van der Waals surface area contributed by atoms with Crippen LogP contribution in [0.25, 0.3) is 11.4 Å². The summed E-state index contributed by atoms with van der Waals surface area (Å²) < 4.78 is 1.87. The highest BCUT2D eigenvalue weighted by Crippen LogP contribution is 2.30. The Balaban J connectivity index is 1.46. The van der Waals surface area contributed by atoms with Crippen LogP contribution in [0.4, 0.5) is 5.69 Å². The lowest BCUT2D eigenvalue weighted by atomic mass is 10.1. The van der Waals surface area contributed by atoms with Crippen molar-refractivity contribution in [1.29, 1.82) is 0 Å². The summed E-state index contributed by atoms with van der Waals surface area (Å²) in [4.78, 5) is 12.6. The van der Waals surface area contributed by atoms with E-state index in [9.17, 15) is 4.79 Å². The lowest BCUT2D eigenvalue weighted by molar-refractivity contribution is -0.115. The summed E-state index contributed by atoms with van der Waals surface area (Å²) in [7, 11) is 1.88. The molecule has 3 aromatic rings. The molecule has 1 aliphatic carbocycles. The van der Waals surface area contributed by atoms with Crippen LogP contribution in [0.1, 0.15) is 24.5 Å². The molecule has 1 N–H and O–H groups in total. The van der Waals surface area contributed by atoms with E-state index in [1.807, 2.05) is 48.9 Å². The summed E-state index contributed by atoms with van der Waals surface area (Å²) in [5.74, 6) is 0.629. The van der Waals surface area contributed by atoms with Crippen molar-refractivity contribution in [3.8, 4) is 11.4 Å². The number of nitrogens with zero attached hydrogens (tertiary/aromatic N) is 3. The fourth-order valence-corrected chi connectivity index (χ4v) is 4.43. The van der Waals surface area contributed by atoms with Crippen molar-refractivity contribution in [2.24, 2.45) is 7.05 Å². The molecular formula is C21H21ClN4OS. The molecule has 2 aromatic carbocycles. The number of hydrogen-bond acceptors (Lipinski definition) is 4. The Kier molecular flexibility index (Phi) is 5.42. The van der Waals surface area contributed by atoms with Crippen LogP contribution in [0.5, 0.6) is 0 Å². The van der Waals surface area contributed by atoms with Crippen LogP contribution < -0.4 is 5.32 Å². The number of halogens is 1. The van der Waals surface area contributed by atoms with Crippen LogP contribution in [0, 0.1) is 0 Å². The van der Waals surface area contributed by atoms with Gasteiger partial charge in [-0.1, -0.05) is 41.6 Å². The second kappa shape index (κ2) is 7.97. The molecule has 7 heteroatoms. The Hall–Kier alpha value is -2.31. The third kappa shape index (κ3) is 3.80. The number of aryl methyl sites for hydroxylation is 2. The fourth-order valence-electron chi connectivity index (χ4n) is 3.40. The number of amides is 1. The van der Waals surface area contributed by atoms with E-state index in [1.165, 1.54) is 29.3 Å². The summed E-state index contributed by atoms with van der Waals surface area (Å²) in [5.41, 5.74) is 4.41. The Morgan fingerprint density at radius 3 is 2.79 bits per heavy atom. The van der Waals surface area contributed by atoms with Crippen molar-refractivity contribution < 1.29 is 4.79 Å². The third-order valence-corrected chi connectivity index (χ3v) is 6.43. The van der Waals surface area contributed by atoms with Gasteiger partial charge in [0, 0.05) is 18.3 Å². The molecule has 1 heterocycles. The summed E-state index contributed by atoms with van der Waals surface area (Å²) >= 11 is 7.65. The minimum Gasteiger partial charge on any atom is -0.325 e. The van der Waals surface area contributed by atoms with E-state index in [1.54, 1.807) is 0 Å². The van der Waals surface area contributed by atoms with Crippen LogP contribution >= 0.6 is 23.4 Å². The number of benzene rings is 2. The van der Waals surface area contributed by atoms with Crippen molar-refractivity contribution in [3.05, 3.63) is 58.6 Å². The number of aromatic nitrogens is 3. The Labute approximate surface area is 173 Å². The Bertz CT molecular complexity index is 1030. The molecule has 5 nitrogen and oxygen atoms in total. The van der Waals surface area contributed by atoms with Crippen LogP contribution in [-0.2, 0) is 24.7 Å². The van der Waals surface area contributed by atoms with Gasteiger partial charge in [-0.25, -0.2) is 0 Å². The van der Waals surface area contributed by atoms with Gasteiger partial charge < -0.3 is 9.88 Å². The molecule has 0 saturated carbocycles. The van der Waals surface area contributed by atoms with Crippen LogP contribution in [0.2, 0.25) is 5.02 Å². The summed E-state index contributed by atoms with van der Waals surface area (Å²) in [6.45, 7) is 1.87. The number of hydrogen-bond donors (Lipinski definition) is 1. The minimum absolute atomic E-state index is 0.0507. The van der Waals surface area contributed by atoms with Crippen LogP contribution in [0.15, 0.2) is 47.6 Å². The molecule has 0 fully saturated rings. The number of anilines is 1. The highest BCUT2D eigenvalue weighted by Gasteiger charge is 2.21. The molecule has 4 rings (SSSR count). The number of thioether (sulfide) groups is 1. The molecule has 0 spiro atoms. The monoisotopic (exact) mass is 412 g/mol. The van der Waals surface area contributed by atoms with E-state index >= 15 is 0 Å². The average molecular weight is 413 g/mol. The molecule has 1 atom stereocenters. The SMILES string of the molecule is C[C@H](Sc1nnc(-c2ccccc2Cl)n1C)C(=O)Nc1ccc2c(c1)CCC2. The first-order chi connectivity index (χ1) is 13.5. The zero-order valence-corrected chi connectivity index (χ0v) is 17.3. The Morgan fingerprint density at radius 2 is 1.96 bits per heavy atom. The summed E-state index contributed by atoms with van der Waals surface area (Å²) in [6, 6.07) is 13.7. The van der Waals surface area contributed by atoms with Gasteiger partial charge in [0.25, 0.3) is 0 Å². The van der Waals surface area contributed by atoms with Gasteiger partial charge in [-0.15, -0.1) is 10.2 Å². The standard InChI is InChI=1S/C21H21ClN4OS/c1-13(20(27)23-16-11-10-14-6-5-7-15(14)12-16)28-21-25-24-19(26(21)2)17-8-3-4-9-18(17)22/h3-4,8-13H,5-7H2,1-2H3,(H,23,27)/t13-/m0/s1. The second-order valence-corrected chi connectivity index (χ2v) is 8.65. The van der Waals surface area contributed by atoms with Gasteiger partial charge in [-0.2, -0.15) is 0 Å². The number of nitrogens with one attached hydrogen (secondary N) is 1. The molecule has 144 valence electrons. The zero-order chi connectivity index (χ0) is 19.7. The number of fused-ring (bicyclic) bond motifs is 1. The summed E-state index contributed by atoms with van der Waals surface area (Å²) in [5, 5.41) is 12.5. The van der Waals surface area contributed by atoms with Crippen LogP contribution in [-0.4, -0.2) is 25.9 Å². The van der Waals surface area contributed by atoms with Gasteiger partial charge in [0.05, 0.1) is 10.3 Å². The summed E-state index contributed by atoms with van der Waals surface area (Å²) in [6.07, 6.45) is 3.42. The van der Waals surface area contributed by atoms with E-state index in [2.05, 4.69) is 27.6 Å². The van der Waals surface area contributed by atoms with Gasteiger partial charge in [0.1, 0.15) is 0 Å². The van der Waals surface area contributed by atoms with Gasteiger partial charge in [0.2, 0.25) is 5.91 Å². The highest BCUT2D eigenvalue weighted by molar-refractivity contribution is 8.00. The van der Waals surface area contributed by atoms with E-state index in [-0.39, 0.29) is 11.2 Å². The quantitative estimate of drug-likeness (QED) is 0.614. The number of carbonyl (C=O) groups is 1. The smallest absolute Gasteiger partial charge is 0.237 e. The average Bonchev–Trinajstić information content (AvgIpc) is 3.29. The first-order valence-corrected chi connectivity index (χ1v) is 10.5. The zero-order valence-electron chi connectivity index (χ0n) is 15.8. The van der Waals surface area contributed by atoms with E-state index in [4.69, 9.17) is 11.6 Å². The van der Waals surface area contributed by atoms with Gasteiger partial charge >= 0.3 is 0 Å². The molecule has 28 heavy (non-hydrogen) atoms. The predicted octanol–water partition coefficient (Wildman–Crippen LogP) is 4.74. The molecule has 0 saturated heterocycles. The largest absolute Gasteiger partial charge is 0.325 e. The van der Waals surface area contributed by atoms with Crippen LogP contribution in [0.3, 0.4) is 0 Å². The van der Waals surface area contributed by atoms with Crippen molar-refractivity contribution in [1.82, 2.24) is 14.8 Å². The van der Waals surface area contributed by atoms with Gasteiger partial charge in [0.15, 0.2) is 11.0 Å². The Morgan fingerprint density at radius 1 is 1.18 bits per heavy atom. The van der Waals surface area contributed by atoms with E-state index in [0.717, 1.165) is 24.1 Å². The molecule has 1 aromatic heterocycles. The van der Waals surface area contributed by atoms with Crippen molar-refractivity contribution in [2.45, 2.75) is 36.6 Å². The number of rotatable bonds is 5. The van der Waals surface area contributed by atoms with Crippen molar-refractivity contribution in [2.75, 3.05) is 5.32 Å². The third-order valence-electron chi connectivity index (χ3n) is 4.97. The molecule has 0 unspecified atom stereocenters. The highest BCUT2D eigenvalue weighted by atomic mass is 35.5. The van der Waals surface area contributed by atoms with E-state index < -0.39 is 0 Å². The molecule has 1 amide bonds. The normalized spacial score (nSPS) is 14.0. The fraction of sp³-hybridized carbons (Fsp3) is 0.286. The van der Waals surface area contributed by atoms with Crippen molar-refractivity contribution >= 4 is 35.0 Å². The first-order valence-electron chi connectivity index (χ1n) is 9.26. The molecule has 1 aliphatic rings. The molecular weight excluding hydrogens is 392 g/mol. The number of carbonyl (C=O) groups excluding carboxylic acids is 1. The van der Waals surface area contributed by atoms with Gasteiger partial charge in [-0.3, -0.25) is 4.79 Å². The topological polar surface area (TPSA) is 59.8 Å². The van der Waals surface area contributed by atoms with E-state index in [0.29, 0.717) is 16.0 Å². The maximum atomic E-state index is 12.6. The minimum atomic E-state index is -0.310. The lowest BCUT2D eigenvalue weighted by Crippen LogP contribution is -2.23. The maximum absolute atomic E-state index is 12.6. The first kappa shape index (κ1) is 19.0. The predicted molar refractivity (Wildman–Crippen MR) is 114 cm³/mol. The second-order valence-electron chi connectivity index (χ2n) is 6.93.